The highest BCUT2D eigenvalue weighted by Crippen LogP contribution is 2.32. The summed E-state index contributed by atoms with van der Waals surface area (Å²) in [6.07, 6.45) is 1.76. The molecule has 0 amide bonds. The Labute approximate surface area is 102 Å². The van der Waals surface area contributed by atoms with Crippen LogP contribution in [0.3, 0.4) is 0 Å². The fourth-order valence-electron chi connectivity index (χ4n) is 2.05. The van der Waals surface area contributed by atoms with Crippen LogP contribution in [0.4, 0.5) is 0 Å². The first-order valence-corrected chi connectivity index (χ1v) is 7.13. The van der Waals surface area contributed by atoms with E-state index in [1.165, 1.54) is 9.40 Å². The predicted octanol–water partition coefficient (Wildman–Crippen LogP) is 3.57. The van der Waals surface area contributed by atoms with Gasteiger partial charge < -0.3 is 4.74 Å². The van der Waals surface area contributed by atoms with E-state index in [1.807, 2.05) is 6.07 Å². The van der Waals surface area contributed by atoms with Gasteiger partial charge in [-0.25, -0.2) is 0 Å². The monoisotopic (exact) mass is 252 g/mol. The molecule has 1 saturated heterocycles. The van der Waals surface area contributed by atoms with Crippen molar-refractivity contribution < 1.29 is 9.53 Å². The Balaban J connectivity index is 1.86. The number of rotatable bonds is 2. The first-order valence-electron chi connectivity index (χ1n) is 5.43. The molecule has 4 heteroatoms. The lowest BCUT2D eigenvalue weighted by atomic mass is 9.94. The van der Waals surface area contributed by atoms with Gasteiger partial charge in [0, 0.05) is 28.5 Å². The van der Waals surface area contributed by atoms with Crippen LogP contribution in [0.2, 0.25) is 0 Å². The van der Waals surface area contributed by atoms with Gasteiger partial charge in [-0.15, -0.1) is 22.7 Å². The van der Waals surface area contributed by atoms with E-state index in [4.69, 9.17) is 4.74 Å². The second kappa shape index (κ2) is 4.28. The summed E-state index contributed by atoms with van der Waals surface area (Å²) < 4.78 is 7.76. The highest BCUT2D eigenvalue weighted by Gasteiger charge is 2.24. The molecule has 0 N–H and O–H groups in total. The maximum atomic E-state index is 12.2. The van der Waals surface area contributed by atoms with Gasteiger partial charge in [0.05, 0.1) is 4.88 Å². The molecule has 2 aromatic heterocycles. The predicted molar refractivity (Wildman–Crippen MR) is 67.6 cm³/mol. The molecule has 0 radical (unpaired) electrons. The summed E-state index contributed by atoms with van der Waals surface area (Å²) in [6.45, 7) is 1.46. The number of fused-ring (bicyclic) bond motifs is 1. The molecule has 0 aliphatic carbocycles. The lowest BCUT2D eigenvalue weighted by molar-refractivity contribution is 0.0547. The third-order valence-electron chi connectivity index (χ3n) is 2.97. The Morgan fingerprint density at radius 3 is 2.88 bits per heavy atom. The first-order chi connectivity index (χ1) is 7.84. The quantitative estimate of drug-likeness (QED) is 0.764. The number of hydrogen-bond donors (Lipinski definition) is 0. The molecule has 0 spiro atoms. The van der Waals surface area contributed by atoms with Crippen LogP contribution in [-0.2, 0) is 4.74 Å². The van der Waals surface area contributed by atoms with E-state index in [0.717, 1.165) is 30.9 Å². The average molecular weight is 252 g/mol. The number of thiophene rings is 2. The zero-order chi connectivity index (χ0) is 11.0. The molecule has 0 aromatic carbocycles. The van der Waals surface area contributed by atoms with Gasteiger partial charge in [-0.3, -0.25) is 4.79 Å². The average Bonchev–Trinajstić information content (AvgIpc) is 2.89. The first kappa shape index (κ1) is 10.4. The molecular weight excluding hydrogens is 240 g/mol. The van der Waals surface area contributed by atoms with Crippen molar-refractivity contribution in [3.05, 3.63) is 22.4 Å². The standard InChI is InChI=1S/C12H12O2S2/c13-12(8-1-4-14-5-2-8)11-7-10-9(16-11)3-6-15-10/h3,6-8H,1-2,4-5H2. The second-order valence-electron chi connectivity index (χ2n) is 4.01. The minimum atomic E-state index is 0.182. The number of carbonyl (C=O) groups is 1. The van der Waals surface area contributed by atoms with Crippen LogP contribution in [0, 0.1) is 5.92 Å². The molecule has 0 atom stereocenters. The van der Waals surface area contributed by atoms with Gasteiger partial charge in [-0.1, -0.05) is 0 Å². The Morgan fingerprint density at radius 1 is 1.31 bits per heavy atom. The van der Waals surface area contributed by atoms with Crippen LogP contribution in [0.15, 0.2) is 17.5 Å². The molecule has 0 unspecified atom stereocenters. The fourth-order valence-corrected chi connectivity index (χ4v) is 4.18. The Kier molecular flexibility index (Phi) is 2.79. The molecule has 3 heterocycles. The van der Waals surface area contributed by atoms with Gasteiger partial charge in [0.1, 0.15) is 0 Å². The normalized spacial score (nSPS) is 18.0. The molecule has 84 valence electrons. The van der Waals surface area contributed by atoms with E-state index in [0.29, 0.717) is 5.78 Å². The lowest BCUT2D eigenvalue weighted by Gasteiger charge is -2.19. The summed E-state index contributed by atoms with van der Waals surface area (Å²) >= 11 is 3.33. The van der Waals surface area contributed by atoms with Gasteiger partial charge in [-0.05, 0) is 30.4 Å². The third-order valence-corrected chi connectivity index (χ3v) is 5.08. The largest absolute Gasteiger partial charge is 0.381 e. The van der Waals surface area contributed by atoms with Gasteiger partial charge >= 0.3 is 0 Å². The Hall–Kier alpha value is -0.710. The summed E-state index contributed by atoms with van der Waals surface area (Å²) in [4.78, 5) is 13.2. The molecule has 1 fully saturated rings. The zero-order valence-corrected chi connectivity index (χ0v) is 10.4. The van der Waals surface area contributed by atoms with Crippen molar-refractivity contribution in [2.75, 3.05) is 13.2 Å². The Morgan fingerprint density at radius 2 is 2.12 bits per heavy atom. The molecule has 2 aromatic rings. The molecular formula is C12H12O2S2. The molecule has 0 saturated carbocycles. The topological polar surface area (TPSA) is 26.3 Å². The summed E-state index contributed by atoms with van der Waals surface area (Å²) in [5.74, 6) is 0.498. The maximum Gasteiger partial charge on any atom is 0.176 e. The van der Waals surface area contributed by atoms with Crippen molar-refractivity contribution in [2.24, 2.45) is 5.92 Å². The van der Waals surface area contributed by atoms with E-state index in [2.05, 4.69) is 11.4 Å². The van der Waals surface area contributed by atoms with Crippen molar-refractivity contribution in [1.82, 2.24) is 0 Å². The highest BCUT2D eigenvalue weighted by atomic mass is 32.1. The van der Waals surface area contributed by atoms with Crippen LogP contribution >= 0.6 is 22.7 Å². The summed E-state index contributed by atoms with van der Waals surface area (Å²) in [5, 5.41) is 2.07. The van der Waals surface area contributed by atoms with Crippen molar-refractivity contribution in [1.29, 1.82) is 0 Å². The van der Waals surface area contributed by atoms with Gasteiger partial charge in [0.2, 0.25) is 0 Å². The van der Waals surface area contributed by atoms with E-state index in [1.54, 1.807) is 22.7 Å². The maximum absolute atomic E-state index is 12.2. The third kappa shape index (κ3) is 1.81. The van der Waals surface area contributed by atoms with Crippen LogP contribution in [0.5, 0.6) is 0 Å². The van der Waals surface area contributed by atoms with Crippen molar-refractivity contribution in [3.63, 3.8) is 0 Å². The number of ketones is 1. The summed E-state index contributed by atoms with van der Waals surface area (Å²) in [7, 11) is 0. The summed E-state index contributed by atoms with van der Waals surface area (Å²) in [6, 6.07) is 4.13. The molecule has 2 nitrogen and oxygen atoms in total. The van der Waals surface area contributed by atoms with Crippen molar-refractivity contribution >= 4 is 37.9 Å². The van der Waals surface area contributed by atoms with Crippen LogP contribution in [-0.4, -0.2) is 19.0 Å². The van der Waals surface area contributed by atoms with Gasteiger partial charge in [0.25, 0.3) is 0 Å². The molecule has 16 heavy (non-hydrogen) atoms. The SMILES string of the molecule is O=C(c1cc2sccc2s1)C1CCOCC1. The van der Waals surface area contributed by atoms with E-state index >= 15 is 0 Å². The highest BCUT2D eigenvalue weighted by molar-refractivity contribution is 7.27. The van der Waals surface area contributed by atoms with E-state index in [9.17, 15) is 4.79 Å². The minimum Gasteiger partial charge on any atom is -0.381 e. The second-order valence-corrected chi connectivity index (χ2v) is 6.04. The molecule has 0 bridgehead atoms. The van der Waals surface area contributed by atoms with Crippen LogP contribution in [0.1, 0.15) is 22.5 Å². The zero-order valence-electron chi connectivity index (χ0n) is 8.77. The number of Topliss-reactive ketones (excluding diaryl/α,β-unsaturated/α-hetero) is 1. The van der Waals surface area contributed by atoms with Crippen molar-refractivity contribution in [3.8, 4) is 0 Å². The van der Waals surface area contributed by atoms with E-state index in [-0.39, 0.29) is 5.92 Å². The number of hydrogen-bond acceptors (Lipinski definition) is 4. The number of carbonyl (C=O) groups excluding carboxylic acids is 1. The lowest BCUT2D eigenvalue weighted by Crippen LogP contribution is -2.22. The molecule has 1 aliphatic rings. The summed E-state index contributed by atoms with van der Waals surface area (Å²) in [5.41, 5.74) is 0. The smallest absolute Gasteiger partial charge is 0.176 e. The van der Waals surface area contributed by atoms with Gasteiger partial charge in [-0.2, -0.15) is 0 Å². The fraction of sp³-hybridized carbons (Fsp3) is 0.417. The van der Waals surface area contributed by atoms with Gasteiger partial charge in [0.15, 0.2) is 5.78 Å². The van der Waals surface area contributed by atoms with E-state index < -0.39 is 0 Å². The number of ether oxygens (including phenoxy) is 1. The molecule has 1 aliphatic heterocycles. The molecule has 3 rings (SSSR count). The minimum absolute atomic E-state index is 0.182. The van der Waals surface area contributed by atoms with Crippen LogP contribution in [0.25, 0.3) is 9.40 Å². The van der Waals surface area contributed by atoms with Crippen molar-refractivity contribution in [2.45, 2.75) is 12.8 Å². The van der Waals surface area contributed by atoms with Crippen LogP contribution < -0.4 is 0 Å². The Bertz CT molecular complexity index is 477.